The first-order valence-corrected chi connectivity index (χ1v) is 6.16. The van der Waals surface area contributed by atoms with E-state index >= 15 is 0 Å². The largest absolute Gasteiger partial charge is 0.478 e. The summed E-state index contributed by atoms with van der Waals surface area (Å²) in [7, 11) is 0. The van der Waals surface area contributed by atoms with E-state index in [4.69, 9.17) is 5.11 Å². The number of benzene rings is 1. The number of hydrogen-bond donors (Lipinski definition) is 2. The maximum Gasteiger partial charge on any atom is 0.328 e. The van der Waals surface area contributed by atoms with Gasteiger partial charge in [0, 0.05) is 22.8 Å². The van der Waals surface area contributed by atoms with Crippen molar-refractivity contribution in [1.29, 1.82) is 0 Å². The first kappa shape index (κ1) is 14.1. The summed E-state index contributed by atoms with van der Waals surface area (Å²) in [5.41, 5.74) is 0.657. The Hall–Kier alpha value is -2.01. The van der Waals surface area contributed by atoms with Crippen LogP contribution in [0.15, 0.2) is 54.0 Å². The third kappa shape index (κ3) is 4.88. The quantitative estimate of drug-likeness (QED) is 0.470. The Morgan fingerprint density at radius 3 is 2.72 bits per heavy atom. The first-order chi connectivity index (χ1) is 8.63. The molecule has 0 aliphatic heterocycles. The smallest absolute Gasteiger partial charge is 0.328 e. The second kappa shape index (κ2) is 7.34. The lowest BCUT2D eigenvalue weighted by molar-refractivity contribution is -0.131. The SMILES string of the molecule is C=CCSc1ccccc1NC(=O)/C=C/C(=O)O. The number of anilines is 1. The maximum absolute atomic E-state index is 11.5. The number of para-hydroxylation sites is 1. The third-order valence-electron chi connectivity index (χ3n) is 1.88. The average Bonchev–Trinajstić information content (AvgIpc) is 2.35. The average molecular weight is 263 g/mol. The molecule has 0 unspecified atom stereocenters. The fourth-order valence-electron chi connectivity index (χ4n) is 1.17. The van der Waals surface area contributed by atoms with Crippen molar-refractivity contribution >= 4 is 29.3 Å². The van der Waals surface area contributed by atoms with E-state index in [-0.39, 0.29) is 0 Å². The van der Waals surface area contributed by atoms with Crippen LogP contribution in [0, 0.1) is 0 Å². The van der Waals surface area contributed by atoms with Gasteiger partial charge in [0.1, 0.15) is 0 Å². The van der Waals surface area contributed by atoms with Gasteiger partial charge in [0.05, 0.1) is 5.69 Å². The van der Waals surface area contributed by atoms with E-state index in [1.165, 1.54) is 0 Å². The molecule has 1 rings (SSSR count). The number of carbonyl (C=O) groups is 2. The van der Waals surface area contributed by atoms with E-state index in [1.807, 2.05) is 12.1 Å². The molecule has 94 valence electrons. The van der Waals surface area contributed by atoms with Gasteiger partial charge in [-0.1, -0.05) is 18.2 Å². The fraction of sp³-hybridized carbons (Fsp3) is 0.0769. The molecule has 0 heterocycles. The number of thioether (sulfide) groups is 1. The fourth-order valence-corrected chi connectivity index (χ4v) is 1.91. The molecule has 0 spiro atoms. The van der Waals surface area contributed by atoms with E-state index in [0.29, 0.717) is 5.69 Å². The minimum absolute atomic E-state index is 0.468. The zero-order valence-corrected chi connectivity index (χ0v) is 10.4. The van der Waals surface area contributed by atoms with E-state index in [1.54, 1.807) is 30.0 Å². The van der Waals surface area contributed by atoms with Gasteiger partial charge in [0.25, 0.3) is 0 Å². The molecular formula is C13H13NO3S. The highest BCUT2D eigenvalue weighted by atomic mass is 32.2. The molecule has 0 atom stereocenters. The molecule has 2 N–H and O–H groups in total. The Labute approximate surface area is 109 Å². The van der Waals surface area contributed by atoms with Crippen LogP contribution < -0.4 is 5.32 Å². The maximum atomic E-state index is 11.5. The molecule has 5 heteroatoms. The van der Waals surface area contributed by atoms with Crippen molar-refractivity contribution in [3.63, 3.8) is 0 Å². The predicted molar refractivity (Wildman–Crippen MR) is 72.8 cm³/mol. The van der Waals surface area contributed by atoms with Crippen molar-refractivity contribution in [2.75, 3.05) is 11.1 Å². The number of carboxylic acid groups (broad SMARTS) is 1. The Morgan fingerprint density at radius 1 is 1.33 bits per heavy atom. The number of carboxylic acids is 1. The van der Waals surface area contributed by atoms with Crippen LogP contribution in [0.4, 0.5) is 5.69 Å². The molecule has 0 radical (unpaired) electrons. The highest BCUT2D eigenvalue weighted by Crippen LogP contribution is 2.26. The zero-order chi connectivity index (χ0) is 13.4. The van der Waals surface area contributed by atoms with E-state index in [0.717, 1.165) is 22.8 Å². The minimum Gasteiger partial charge on any atom is -0.478 e. The van der Waals surface area contributed by atoms with Crippen LogP contribution in [0.25, 0.3) is 0 Å². The second-order valence-electron chi connectivity index (χ2n) is 3.26. The minimum atomic E-state index is -1.15. The van der Waals surface area contributed by atoms with Crippen molar-refractivity contribution < 1.29 is 14.7 Å². The highest BCUT2D eigenvalue weighted by Gasteiger charge is 2.04. The highest BCUT2D eigenvalue weighted by molar-refractivity contribution is 7.99. The topological polar surface area (TPSA) is 66.4 Å². The molecule has 0 aromatic heterocycles. The molecule has 0 aliphatic rings. The van der Waals surface area contributed by atoms with Gasteiger partial charge in [0.15, 0.2) is 0 Å². The third-order valence-corrected chi connectivity index (χ3v) is 2.95. The second-order valence-corrected chi connectivity index (χ2v) is 4.32. The molecule has 0 fully saturated rings. The lowest BCUT2D eigenvalue weighted by atomic mass is 10.3. The van der Waals surface area contributed by atoms with Gasteiger partial charge in [0.2, 0.25) is 5.91 Å². The summed E-state index contributed by atoms with van der Waals surface area (Å²) < 4.78 is 0. The molecule has 4 nitrogen and oxygen atoms in total. The van der Waals surface area contributed by atoms with Gasteiger partial charge in [-0.3, -0.25) is 4.79 Å². The van der Waals surface area contributed by atoms with E-state index < -0.39 is 11.9 Å². The zero-order valence-electron chi connectivity index (χ0n) is 9.63. The van der Waals surface area contributed by atoms with Gasteiger partial charge in [-0.15, -0.1) is 18.3 Å². The van der Waals surface area contributed by atoms with Crippen molar-refractivity contribution in [3.05, 3.63) is 49.1 Å². The molecule has 18 heavy (non-hydrogen) atoms. The van der Waals surface area contributed by atoms with Gasteiger partial charge < -0.3 is 10.4 Å². The van der Waals surface area contributed by atoms with Gasteiger partial charge in [-0.25, -0.2) is 4.79 Å². The lowest BCUT2D eigenvalue weighted by Gasteiger charge is -2.08. The molecule has 0 bridgehead atoms. The summed E-state index contributed by atoms with van der Waals surface area (Å²) in [4.78, 5) is 22.6. The Morgan fingerprint density at radius 2 is 2.06 bits per heavy atom. The summed E-state index contributed by atoms with van der Waals surface area (Å²) in [6.07, 6.45) is 3.56. The summed E-state index contributed by atoms with van der Waals surface area (Å²) >= 11 is 1.54. The number of carbonyl (C=O) groups excluding carboxylic acids is 1. The van der Waals surface area contributed by atoms with Crippen molar-refractivity contribution in [3.8, 4) is 0 Å². The van der Waals surface area contributed by atoms with Crippen molar-refractivity contribution in [2.45, 2.75) is 4.90 Å². The first-order valence-electron chi connectivity index (χ1n) is 5.18. The monoisotopic (exact) mass is 263 g/mol. The normalized spacial score (nSPS) is 10.2. The number of aliphatic carboxylic acids is 1. The number of nitrogens with one attached hydrogen (secondary N) is 1. The molecular weight excluding hydrogens is 250 g/mol. The van der Waals surface area contributed by atoms with Crippen LogP contribution in [-0.4, -0.2) is 22.7 Å². The van der Waals surface area contributed by atoms with Crippen LogP contribution in [0.5, 0.6) is 0 Å². The summed E-state index contributed by atoms with van der Waals surface area (Å²) in [6.45, 7) is 3.63. The molecule has 1 aromatic carbocycles. The molecule has 0 saturated carbocycles. The Balaban J connectivity index is 2.74. The van der Waals surface area contributed by atoms with E-state index in [9.17, 15) is 9.59 Å². The van der Waals surface area contributed by atoms with Gasteiger partial charge >= 0.3 is 5.97 Å². The van der Waals surface area contributed by atoms with E-state index in [2.05, 4.69) is 11.9 Å². The predicted octanol–water partition coefficient (Wildman–Crippen LogP) is 2.54. The molecule has 0 saturated heterocycles. The van der Waals surface area contributed by atoms with Crippen LogP contribution in [0.3, 0.4) is 0 Å². The van der Waals surface area contributed by atoms with Crippen molar-refractivity contribution in [1.82, 2.24) is 0 Å². The summed E-state index contributed by atoms with van der Waals surface area (Å²) in [5, 5.41) is 11.0. The number of amides is 1. The molecule has 1 aromatic rings. The Kier molecular flexibility index (Phi) is 5.73. The molecule has 1 amide bonds. The number of rotatable bonds is 6. The number of hydrogen-bond acceptors (Lipinski definition) is 3. The summed E-state index contributed by atoms with van der Waals surface area (Å²) in [5.74, 6) is -0.888. The van der Waals surface area contributed by atoms with Gasteiger partial charge in [-0.05, 0) is 12.1 Å². The summed E-state index contributed by atoms with van der Waals surface area (Å²) in [6, 6.07) is 7.31. The van der Waals surface area contributed by atoms with Crippen LogP contribution in [0.1, 0.15) is 0 Å². The van der Waals surface area contributed by atoms with Crippen LogP contribution >= 0.6 is 11.8 Å². The van der Waals surface area contributed by atoms with Gasteiger partial charge in [-0.2, -0.15) is 0 Å². The lowest BCUT2D eigenvalue weighted by Crippen LogP contribution is -2.09. The van der Waals surface area contributed by atoms with Crippen LogP contribution in [-0.2, 0) is 9.59 Å². The molecule has 0 aliphatic carbocycles. The van der Waals surface area contributed by atoms with Crippen molar-refractivity contribution in [2.24, 2.45) is 0 Å². The van der Waals surface area contributed by atoms with Crippen LogP contribution in [0.2, 0.25) is 0 Å². The standard InChI is InChI=1S/C13H13NO3S/c1-2-9-18-11-6-4-3-5-10(11)14-12(15)7-8-13(16)17/h2-8H,1,9H2,(H,14,15)(H,16,17)/b8-7+. The Bertz CT molecular complexity index is 483.